The van der Waals surface area contributed by atoms with Crippen LogP contribution in [0.4, 0.5) is 4.39 Å². The van der Waals surface area contributed by atoms with E-state index < -0.39 is 11.5 Å². The van der Waals surface area contributed by atoms with E-state index in [1.54, 1.807) is 19.1 Å². The van der Waals surface area contributed by atoms with Gasteiger partial charge in [-0.05, 0) is 31.5 Å². The first kappa shape index (κ1) is 19.6. The van der Waals surface area contributed by atoms with E-state index in [9.17, 15) is 14.0 Å². The molecule has 0 radical (unpaired) electrons. The summed E-state index contributed by atoms with van der Waals surface area (Å²) in [6, 6.07) is 5.75. The van der Waals surface area contributed by atoms with Gasteiger partial charge in [-0.1, -0.05) is 12.1 Å². The topological polar surface area (TPSA) is 82.5 Å². The van der Waals surface area contributed by atoms with E-state index in [-0.39, 0.29) is 23.8 Å². The van der Waals surface area contributed by atoms with Crippen molar-refractivity contribution in [3.05, 3.63) is 57.5 Å². The predicted molar refractivity (Wildman–Crippen MR) is 93.8 cm³/mol. The zero-order valence-corrected chi connectivity index (χ0v) is 15.0. The molecule has 2 rings (SSSR count). The zero-order chi connectivity index (χ0) is 19.1. The van der Waals surface area contributed by atoms with E-state index in [0.29, 0.717) is 25.6 Å². The molecule has 1 N–H and O–H groups in total. The van der Waals surface area contributed by atoms with Crippen LogP contribution in [0.15, 0.2) is 29.1 Å². The molecule has 26 heavy (non-hydrogen) atoms. The van der Waals surface area contributed by atoms with Gasteiger partial charge in [-0.3, -0.25) is 14.2 Å². The number of nitrogens with one attached hydrogen (secondary N) is 1. The molecule has 0 bridgehead atoms. The minimum atomic E-state index is -0.539. The monoisotopic (exact) mass is 363 g/mol. The number of halogens is 1. The molecule has 140 valence electrons. The van der Waals surface area contributed by atoms with E-state index >= 15 is 0 Å². The van der Waals surface area contributed by atoms with Gasteiger partial charge >= 0.3 is 0 Å². The lowest BCUT2D eigenvalue weighted by molar-refractivity contribution is 0.0941. The van der Waals surface area contributed by atoms with Crippen molar-refractivity contribution >= 4 is 5.91 Å². The Hall–Kier alpha value is -2.74. The Morgan fingerprint density at radius 1 is 1.31 bits per heavy atom. The van der Waals surface area contributed by atoms with E-state index in [2.05, 4.69) is 10.3 Å². The second-order valence-electron chi connectivity index (χ2n) is 5.50. The first-order chi connectivity index (χ1) is 12.5. The standard InChI is InChI=1S/C18H22FN3O4/c1-4-26-10-9-22-12(2)21-15(16(25-3)18(22)24)17(23)20-11-13-5-7-14(19)8-6-13/h5-8H,4,9-11H2,1-3H3,(H,20,23). The highest BCUT2D eigenvalue weighted by molar-refractivity contribution is 5.94. The second-order valence-corrected chi connectivity index (χ2v) is 5.50. The minimum Gasteiger partial charge on any atom is -0.489 e. The first-order valence-electron chi connectivity index (χ1n) is 8.23. The van der Waals surface area contributed by atoms with Gasteiger partial charge in [0, 0.05) is 13.2 Å². The highest BCUT2D eigenvalue weighted by atomic mass is 19.1. The molecule has 0 saturated heterocycles. The van der Waals surface area contributed by atoms with Crippen LogP contribution < -0.4 is 15.6 Å². The summed E-state index contributed by atoms with van der Waals surface area (Å²) >= 11 is 0. The molecule has 0 fully saturated rings. The molecule has 8 heteroatoms. The van der Waals surface area contributed by atoms with Crippen molar-refractivity contribution in [2.24, 2.45) is 0 Å². The summed E-state index contributed by atoms with van der Waals surface area (Å²) in [5, 5.41) is 2.66. The molecule has 1 amide bonds. The third-order valence-corrected chi connectivity index (χ3v) is 3.77. The van der Waals surface area contributed by atoms with Crippen molar-refractivity contribution in [2.45, 2.75) is 26.9 Å². The number of rotatable bonds is 8. The minimum absolute atomic E-state index is 0.0789. The van der Waals surface area contributed by atoms with Crippen LogP contribution in [0.25, 0.3) is 0 Å². The summed E-state index contributed by atoms with van der Waals surface area (Å²) in [4.78, 5) is 29.2. The number of benzene rings is 1. The van der Waals surface area contributed by atoms with Gasteiger partial charge in [-0.15, -0.1) is 0 Å². The summed E-state index contributed by atoms with van der Waals surface area (Å²) in [6.45, 7) is 4.91. The normalized spacial score (nSPS) is 10.6. The number of hydrogen-bond donors (Lipinski definition) is 1. The van der Waals surface area contributed by atoms with Crippen molar-refractivity contribution in [1.29, 1.82) is 0 Å². The Morgan fingerprint density at radius 2 is 2.00 bits per heavy atom. The highest BCUT2D eigenvalue weighted by Gasteiger charge is 2.21. The summed E-state index contributed by atoms with van der Waals surface area (Å²) in [5.74, 6) is -0.621. The van der Waals surface area contributed by atoms with Crippen LogP contribution in [0.5, 0.6) is 5.75 Å². The summed E-state index contributed by atoms with van der Waals surface area (Å²) in [6.07, 6.45) is 0. The van der Waals surface area contributed by atoms with E-state index in [4.69, 9.17) is 9.47 Å². The summed E-state index contributed by atoms with van der Waals surface area (Å²) < 4.78 is 24.7. The number of methoxy groups -OCH3 is 1. The number of ether oxygens (including phenoxy) is 2. The number of nitrogens with zero attached hydrogens (tertiary/aromatic N) is 2. The fourth-order valence-corrected chi connectivity index (χ4v) is 2.41. The molecule has 0 spiro atoms. The second kappa shape index (κ2) is 9.10. The molecule has 1 aromatic carbocycles. The van der Waals surface area contributed by atoms with Gasteiger partial charge in [0.05, 0.1) is 20.3 Å². The first-order valence-corrected chi connectivity index (χ1v) is 8.23. The Kier molecular flexibility index (Phi) is 6.85. The Bertz CT molecular complexity index is 818. The molecule has 2 aromatic rings. The average molecular weight is 363 g/mol. The van der Waals surface area contributed by atoms with Gasteiger partial charge in [0.1, 0.15) is 11.6 Å². The highest BCUT2D eigenvalue weighted by Crippen LogP contribution is 2.12. The summed E-state index contributed by atoms with van der Waals surface area (Å²) in [7, 11) is 1.32. The number of aromatic nitrogens is 2. The third kappa shape index (κ3) is 4.66. The number of amides is 1. The smallest absolute Gasteiger partial charge is 0.296 e. The van der Waals surface area contributed by atoms with Crippen LogP contribution in [0.2, 0.25) is 0 Å². The van der Waals surface area contributed by atoms with Crippen molar-refractivity contribution in [3.63, 3.8) is 0 Å². The van der Waals surface area contributed by atoms with Crippen LogP contribution in [-0.2, 0) is 17.8 Å². The van der Waals surface area contributed by atoms with Gasteiger partial charge < -0.3 is 14.8 Å². The van der Waals surface area contributed by atoms with Crippen molar-refractivity contribution in [3.8, 4) is 5.75 Å². The van der Waals surface area contributed by atoms with E-state index in [1.807, 2.05) is 6.92 Å². The number of carbonyl (C=O) groups is 1. The molecule has 0 aliphatic heterocycles. The predicted octanol–water partition coefficient (Wildman–Crippen LogP) is 1.67. The molecular weight excluding hydrogens is 341 g/mol. The van der Waals surface area contributed by atoms with Crippen molar-refractivity contribution < 1.29 is 18.7 Å². The molecule has 0 aliphatic carbocycles. The van der Waals surface area contributed by atoms with Gasteiger partial charge in [-0.2, -0.15) is 0 Å². The van der Waals surface area contributed by atoms with Gasteiger partial charge in [0.2, 0.25) is 5.75 Å². The van der Waals surface area contributed by atoms with Crippen LogP contribution in [0.1, 0.15) is 28.8 Å². The number of carbonyl (C=O) groups excluding carboxylic acids is 1. The van der Waals surface area contributed by atoms with Gasteiger partial charge in [0.15, 0.2) is 5.69 Å². The molecule has 0 aliphatic rings. The van der Waals surface area contributed by atoms with Gasteiger partial charge in [-0.25, -0.2) is 9.37 Å². The molecule has 0 unspecified atom stereocenters. The fourth-order valence-electron chi connectivity index (χ4n) is 2.41. The number of hydrogen-bond acceptors (Lipinski definition) is 5. The maximum atomic E-state index is 12.9. The SMILES string of the molecule is CCOCCn1c(C)nc(C(=O)NCc2ccc(F)cc2)c(OC)c1=O. The van der Waals surface area contributed by atoms with Crippen LogP contribution in [-0.4, -0.2) is 35.8 Å². The Balaban J connectivity index is 2.20. The maximum absolute atomic E-state index is 12.9. The van der Waals surface area contributed by atoms with Crippen LogP contribution in [0.3, 0.4) is 0 Å². The molecule has 0 atom stereocenters. The molecule has 1 heterocycles. The van der Waals surface area contributed by atoms with Crippen LogP contribution in [0, 0.1) is 12.7 Å². The lowest BCUT2D eigenvalue weighted by atomic mass is 10.2. The average Bonchev–Trinajstić information content (AvgIpc) is 2.63. The van der Waals surface area contributed by atoms with E-state index in [0.717, 1.165) is 5.56 Å². The number of aryl methyl sites for hydroxylation is 1. The third-order valence-electron chi connectivity index (χ3n) is 3.77. The largest absolute Gasteiger partial charge is 0.489 e. The van der Waals surface area contributed by atoms with Crippen LogP contribution >= 0.6 is 0 Å². The maximum Gasteiger partial charge on any atom is 0.296 e. The molecular formula is C18H22FN3O4. The molecule has 7 nitrogen and oxygen atoms in total. The summed E-state index contributed by atoms with van der Waals surface area (Å²) in [5.41, 5.74) is 0.205. The zero-order valence-electron chi connectivity index (χ0n) is 15.0. The van der Waals surface area contributed by atoms with E-state index in [1.165, 1.54) is 23.8 Å². The molecule has 1 aromatic heterocycles. The van der Waals surface area contributed by atoms with Crippen molar-refractivity contribution in [2.75, 3.05) is 20.3 Å². The molecule has 0 saturated carbocycles. The Morgan fingerprint density at radius 3 is 2.62 bits per heavy atom. The van der Waals surface area contributed by atoms with Gasteiger partial charge in [0.25, 0.3) is 11.5 Å². The Labute approximate surface area is 150 Å². The lowest BCUT2D eigenvalue weighted by Crippen LogP contribution is -2.32. The quantitative estimate of drug-likeness (QED) is 0.722. The lowest BCUT2D eigenvalue weighted by Gasteiger charge is -2.14. The van der Waals surface area contributed by atoms with Crippen molar-refractivity contribution in [1.82, 2.24) is 14.9 Å². The fraction of sp³-hybridized carbons (Fsp3) is 0.389.